The largest absolute Gasteiger partial charge is 0.198 e. The van der Waals surface area contributed by atoms with Gasteiger partial charge in [0, 0.05) is 0 Å². The summed E-state index contributed by atoms with van der Waals surface area (Å²) in [5.41, 5.74) is 3.76. The van der Waals surface area contributed by atoms with Crippen LogP contribution in [0.5, 0.6) is 0 Å². The Kier molecular flexibility index (Phi) is 3.29. The van der Waals surface area contributed by atoms with E-state index in [0.717, 1.165) is 18.3 Å². The molecule has 1 fully saturated rings. The molecular weight excluding hydrogens is 230 g/mol. The lowest BCUT2D eigenvalue weighted by Gasteiger charge is -2.41. The first-order chi connectivity index (χ1) is 9.23. The monoisotopic (exact) mass is 255 g/mol. The lowest BCUT2D eigenvalue weighted by atomic mass is 9.63. The summed E-state index contributed by atoms with van der Waals surface area (Å²) in [6, 6.07) is 2.45. The van der Waals surface area contributed by atoms with Crippen molar-refractivity contribution in [2.24, 2.45) is 23.2 Å². The van der Waals surface area contributed by atoms with Crippen LogP contribution < -0.4 is 0 Å². The summed E-state index contributed by atoms with van der Waals surface area (Å²) in [5.74, 6) is 1.64. The molecule has 1 nitrogen and oxygen atoms in total. The Balaban J connectivity index is 2.01. The average molecular weight is 255 g/mol. The van der Waals surface area contributed by atoms with Crippen LogP contribution in [0.15, 0.2) is 23.3 Å². The zero-order valence-electron chi connectivity index (χ0n) is 12.3. The fourth-order valence-electron chi connectivity index (χ4n) is 5.10. The van der Waals surface area contributed by atoms with Gasteiger partial charge in [-0.15, -0.1) is 0 Å². The van der Waals surface area contributed by atoms with E-state index in [9.17, 15) is 5.26 Å². The van der Waals surface area contributed by atoms with Crippen LogP contribution >= 0.6 is 0 Å². The van der Waals surface area contributed by atoms with Gasteiger partial charge < -0.3 is 0 Å². The number of allylic oxidation sites excluding steroid dienone is 4. The molecule has 3 atom stereocenters. The highest BCUT2D eigenvalue weighted by atomic mass is 14.5. The fraction of sp³-hybridized carbons (Fsp3) is 0.722. The molecule has 3 aliphatic carbocycles. The summed E-state index contributed by atoms with van der Waals surface area (Å²) in [4.78, 5) is 0. The molecular formula is C18H25N. The van der Waals surface area contributed by atoms with Crippen molar-refractivity contribution in [3.05, 3.63) is 23.3 Å². The van der Waals surface area contributed by atoms with E-state index in [1.807, 2.05) is 0 Å². The van der Waals surface area contributed by atoms with Gasteiger partial charge in [0.25, 0.3) is 0 Å². The molecule has 3 unspecified atom stereocenters. The van der Waals surface area contributed by atoms with Gasteiger partial charge in [-0.3, -0.25) is 0 Å². The maximum Gasteiger partial charge on any atom is 0.0700 e. The number of hydrogen-bond donors (Lipinski definition) is 0. The van der Waals surface area contributed by atoms with E-state index >= 15 is 0 Å². The third kappa shape index (κ3) is 1.80. The van der Waals surface area contributed by atoms with Gasteiger partial charge >= 0.3 is 0 Å². The van der Waals surface area contributed by atoms with E-state index in [0.29, 0.717) is 5.41 Å². The minimum absolute atomic E-state index is 0.124. The molecule has 0 saturated heterocycles. The molecule has 0 heterocycles. The Morgan fingerprint density at radius 2 is 2.05 bits per heavy atom. The Labute approximate surface area is 117 Å². The summed E-state index contributed by atoms with van der Waals surface area (Å²) < 4.78 is 0. The molecule has 1 spiro atoms. The number of fused-ring (bicyclic) bond motifs is 1. The van der Waals surface area contributed by atoms with Crippen LogP contribution in [0.1, 0.15) is 58.8 Å². The van der Waals surface area contributed by atoms with Crippen molar-refractivity contribution in [3.63, 3.8) is 0 Å². The summed E-state index contributed by atoms with van der Waals surface area (Å²) in [6.07, 6.45) is 13.7. The molecule has 0 aromatic carbocycles. The van der Waals surface area contributed by atoms with E-state index in [1.165, 1.54) is 38.5 Å². The van der Waals surface area contributed by atoms with Crippen molar-refractivity contribution in [2.75, 3.05) is 0 Å². The highest BCUT2D eigenvalue weighted by Gasteiger charge is 2.50. The first kappa shape index (κ1) is 13.0. The minimum Gasteiger partial charge on any atom is -0.198 e. The second kappa shape index (κ2) is 4.82. The van der Waals surface area contributed by atoms with Crippen LogP contribution in [0.2, 0.25) is 0 Å². The molecule has 0 radical (unpaired) electrons. The van der Waals surface area contributed by atoms with E-state index in [-0.39, 0.29) is 5.92 Å². The van der Waals surface area contributed by atoms with Gasteiger partial charge in [0.15, 0.2) is 0 Å². The number of hydrogen-bond acceptors (Lipinski definition) is 1. The van der Waals surface area contributed by atoms with Crippen LogP contribution in [-0.4, -0.2) is 0 Å². The Bertz CT molecular complexity index is 457. The van der Waals surface area contributed by atoms with Crippen molar-refractivity contribution in [1.82, 2.24) is 0 Å². The fourth-order valence-corrected chi connectivity index (χ4v) is 5.10. The average Bonchev–Trinajstić information content (AvgIpc) is 2.68. The maximum absolute atomic E-state index is 9.21. The summed E-state index contributed by atoms with van der Waals surface area (Å²) >= 11 is 0. The van der Waals surface area contributed by atoms with Gasteiger partial charge in [0.1, 0.15) is 0 Å². The van der Waals surface area contributed by atoms with Gasteiger partial charge in [0.05, 0.1) is 12.0 Å². The molecule has 0 bridgehead atoms. The highest BCUT2D eigenvalue weighted by molar-refractivity contribution is 5.44. The standard InChI is InChI=1S/C18H25N/c1-3-15-13(2)18(9-5-4-6-10-18)17-8-7-14(12-19)11-16(15)17/h7-8,13-15H,3-6,9-11H2,1-2H3. The Hall–Kier alpha value is -1.03. The van der Waals surface area contributed by atoms with E-state index in [4.69, 9.17) is 0 Å². The van der Waals surface area contributed by atoms with Crippen molar-refractivity contribution < 1.29 is 0 Å². The Morgan fingerprint density at radius 3 is 2.68 bits per heavy atom. The number of nitriles is 1. The molecule has 1 heteroatoms. The molecule has 0 N–H and O–H groups in total. The van der Waals surface area contributed by atoms with Gasteiger partial charge in [-0.2, -0.15) is 5.26 Å². The lowest BCUT2D eigenvalue weighted by Crippen LogP contribution is -2.31. The van der Waals surface area contributed by atoms with E-state index < -0.39 is 0 Å². The highest BCUT2D eigenvalue weighted by Crippen LogP contribution is 2.61. The van der Waals surface area contributed by atoms with Gasteiger partial charge in [-0.1, -0.05) is 50.8 Å². The third-order valence-corrected chi connectivity index (χ3v) is 6.09. The Morgan fingerprint density at radius 1 is 1.32 bits per heavy atom. The van der Waals surface area contributed by atoms with Crippen LogP contribution in [0.4, 0.5) is 0 Å². The van der Waals surface area contributed by atoms with Crippen molar-refractivity contribution in [2.45, 2.75) is 58.8 Å². The number of rotatable bonds is 1. The molecule has 102 valence electrons. The summed E-state index contributed by atoms with van der Waals surface area (Å²) in [5, 5.41) is 9.21. The second-order valence-electron chi connectivity index (χ2n) is 6.76. The van der Waals surface area contributed by atoms with E-state index in [2.05, 4.69) is 32.1 Å². The molecule has 1 saturated carbocycles. The smallest absolute Gasteiger partial charge is 0.0700 e. The first-order valence-electron chi connectivity index (χ1n) is 8.04. The molecule has 0 aromatic rings. The van der Waals surface area contributed by atoms with Gasteiger partial charge in [-0.05, 0) is 48.5 Å². The molecule has 3 rings (SSSR count). The molecule has 3 aliphatic rings. The lowest BCUT2D eigenvalue weighted by molar-refractivity contribution is 0.143. The van der Waals surface area contributed by atoms with Crippen LogP contribution in [0, 0.1) is 34.5 Å². The van der Waals surface area contributed by atoms with Gasteiger partial charge in [0.2, 0.25) is 0 Å². The topological polar surface area (TPSA) is 23.8 Å². The normalized spacial score (nSPS) is 36.4. The third-order valence-electron chi connectivity index (χ3n) is 6.09. The molecule has 19 heavy (non-hydrogen) atoms. The van der Waals surface area contributed by atoms with Crippen molar-refractivity contribution in [1.29, 1.82) is 5.26 Å². The predicted molar refractivity (Wildman–Crippen MR) is 78.3 cm³/mol. The first-order valence-corrected chi connectivity index (χ1v) is 8.04. The van der Waals surface area contributed by atoms with Gasteiger partial charge in [-0.25, -0.2) is 0 Å². The van der Waals surface area contributed by atoms with Crippen LogP contribution in [-0.2, 0) is 0 Å². The van der Waals surface area contributed by atoms with Crippen molar-refractivity contribution >= 4 is 0 Å². The minimum atomic E-state index is 0.124. The SMILES string of the molecule is CCC1C2=C(C=CC(C#N)C2)C2(CCCCC2)C1C. The molecule has 0 amide bonds. The van der Waals surface area contributed by atoms with Crippen LogP contribution in [0.3, 0.4) is 0 Å². The quantitative estimate of drug-likeness (QED) is 0.646. The van der Waals surface area contributed by atoms with E-state index in [1.54, 1.807) is 11.1 Å². The van der Waals surface area contributed by atoms with Crippen LogP contribution in [0.25, 0.3) is 0 Å². The zero-order chi connectivity index (χ0) is 13.5. The summed E-state index contributed by atoms with van der Waals surface area (Å²) in [6.45, 7) is 4.81. The maximum atomic E-state index is 9.21. The molecule has 0 aliphatic heterocycles. The zero-order valence-corrected chi connectivity index (χ0v) is 12.3. The predicted octanol–water partition coefficient (Wildman–Crippen LogP) is 5.01. The number of nitrogens with zero attached hydrogens (tertiary/aromatic N) is 1. The second-order valence-corrected chi connectivity index (χ2v) is 6.76. The van der Waals surface area contributed by atoms with Crippen molar-refractivity contribution in [3.8, 4) is 6.07 Å². The summed E-state index contributed by atoms with van der Waals surface area (Å²) in [7, 11) is 0. The molecule has 0 aromatic heterocycles.